The van der Waals surface area contributed by atoms with Gasteiger partial charge in [-0.3, -0.25) is 0 Å². The number of likely N-dealkylation sites (tertiary alicyclic amines) is 1. The smallest absolute Gasteiger partial charge is 0.00255 e. The van der Waals surface area contributed by atoms with Gasteiger partial charge in [0.2, 0.25) is 0 Å². The third-order valence-electron chi connectivity index (χ3n) is 3.54. The maximum atomic E-state index is 3.49. The molecule has 0 aliphatic carbocycles. The van der Waals surface area contributed by atoms with E-state index in [1.165, 1.54) is 52.0 Å². The standard InChI is InChI=1S/C11H22N2/c1-2-3-4-5-13-8-10-6-12-7-11(10)9-13/h10-12H,2-9H2,1H3. The van der Waals surface area contributed by atoms with Gasteiger partial charge in [-0.1, -0.05) is 19.8 Å². The average Bonchev–Trinajstić information content (AvgIpc) is 2.64. The molecular formula is C11H22N2. The van der Waals surface area contributed by atoms with Crippen molar-refractivity contribution in [1.82, 2.24) is 10.2 Å². The molecule has 2 nitrogen and oxygen atoms in total. The summed E-state index contributed by atoms with van der Waals surface area (Å²) >= 11 is 0. The molecule has 76 valence electrons. The number of nitrogens with one attached hydrogen (secondary N) is 1. The zero-order valence-corrected chi connectivity index (χ0v) is 8.76. The second-order valence-corrected chi connectivity index (χ2v) is 4.65. The summed E-state index contributed by atoms with van der Waals surface area (Å²) in [5.41, 5.74) is 0. The summed E-state index contributed by atoms with van der Waals surface area (Å²) in [7, 11) is 0. The molecule has 2 heterocycles. The fourth-order valence-corrected chi connectivity index (χ4v) is 2.72. The Morgan fingerprint density at radius 1 is 1.15 bits per heavy atom. The van der Waals surface area contributed by atoms with Crippen LogP contribution in [-0.2, 0) is 0 Å². The maximum Gasteiger partial charge on any atom is 0.00255 e. The predicted molar refractivity (Wildman–Crippen MR) is 55.8 cm³/mol. The number of fused-ring (bicyclic) bond motifs is 1. The molecule has 1 N–H and O–H groups in total. The second kappa shape index (κ2) is 4.43. The molecule has 0 radical (unpaired) electrons. The van der Waals surface area contributed by atoms with E-state index in [0.717, 1.165) is 11.8 Å². The summed E-state index contributed by atoms with van der Waals surface area (Å²) in [6, 6.07) is 0. The molecule has 2 saturated heterocycles. The normalized spacial score (nSPS) is 33.9. The Morgan fingerprint density at radius 3 is 2.46 bits per heavy atom. The van der Waals surface area contributed by atoms with Crippen molar-refractivity contribution in [2.75, 3.05) is 32.7 Å². The van der Waals surface area contributed by atoms with Gasteiger partial charge in [-0.2, -0.15) is 0 Å². The number of hydrogen-bond donors (Lipinski definition) is 1. The van der Waals surface area contributed by atoms with Crippen molar-refractivity contribution in [1.29, 1.82) is 0 Å². The molecule has 0 spiro atoms. The molecule has 2 unspecified atom stereocenters. The van der Waals surface area contributed by atoms with Gasteiger partial charge in [0.05, 0.1) is 0 Å². The highest BCUT2D eigenvalue weighted by molar-refractivity contribution is 4.90. The minimum Gasteiger partial charge on any atom is -0.316 e. The lowest BCUT2D eigenvalue weighted by molar-refractivity contribution is 0.305. The van der Waals surface area contributed by atoms with Gasteiger partial charge >= 0.3 is 0 Å². The first-order chi connectivity index (χ1) is 6.40. The first-order valence-electron chi connectivity index (χ1n) is 5.83. The highest BCUT2D eigenvalue weighted by Gasteiger charge is 2.35. The first kappa shape index (κ1) is 9.47. The van der Waals surface area contributed by atoms with E-state index in [9.17, 15) is 0 Å². The van der Waals surface area contributed by atoms with Crippen LogP contribution in [-0.4, -0.2) is 37.6 Å². The molecule has 0 bridgehead atoms. The van der Waals surface area contributed by atoms with E-state index in [2.05, 4.69) is 17.1 Å². The maximum absolute atomic E-state index is 3.49. The van der Waals surface area contributed by atoms with E-state index in [4.69, 9.17) is 0 Å². The summed E-state index contributed by atoms with van der Waals surface area (Å²) in [6.45, 7) is 8.90. The SMILES string of the molecule is CCCCCN1CC2CNCC2C1. The summed E-state index contributed by atoms with van der Waals surface area (Å²) in [4.78, 5) is 2.67. The molecule has 2 fully saturated rings. The Kier molecular flexibility index (Phi) is 3.23. The molecule has 0 aromatic heterocycles. The van der Waals surface area contributed by atoms with Crippen LogP contribution in [0.25, 0.3) is 0 Å². The Balaban J connectivity index is 1.67. The zero-order chi connectivity index (χ0) is 9.10. The van der Waals surface area contributed by atoms with Crippen molar-refractivity contribution < 1.29 is 0 Å². The van der Waals surface area contributed by atoms with Crippen molar-refractivity contribution in [2.45, 2.75) is 26.2 Å². The van der Waals surface area contributed by atoms with Gasteiger partial charge in [0.25, 0.3) is 0 Å². The minimum absolute atomic E-state index is 0.974. The van der Waals surface area contributed by atoms with Gasteiger partial charge in [0, 0.05) is 13.1 Å². The largest absolute Gasteiger partial charge is 0.316 e. The minimum atomic E-state index is 0.974. The summed E-state index contributed by atoms with van der Waals surface area (Å²) in [5, 5.41) is 3.49. The number of nitrogens with zero attached hydrogens (tertiary/aromatic N) is 1. The van der Waals surface area contributed by atoms with Gasteiger partial charge in [-0.05, 0) is 37.9 Å². The van der Waals surface area contributed by atoms with E-state index < -0.39 is 0 Å². The van der Waals surface area contributed by atoms with Crippen LogP contribution < -0.4 is 5.32 Å². The molecule has 0 aromatic carbocycles. The lowest BCUT2D eigenvalue weighted by Gasteiger charge is -2.16. The Hall–Kier alpha value is -0.0800. The molecule has 0 amide bonds. The molecule has 0 aromatic rings. The summed E-state index contributed by atoms with van der Waals surface area (Å²) in [6.07, 6.45) is 4.16. The van der Waals surface area contributed by atoms with E-state index in [-0.39, 0.29) is 0 Å². The predicted octanol–water partition coefficient (Wildman–Crippen LogP) is 1.33. The monoisotopic (exact) mass is 182 g/mol. The van der Waals surface area contributed by atoms with E-state index in [1.807, 2.05) is 0 Å². The first-order valence-corrected chi connectivity index (χ1v) is 5.83. The number of unbranched alkanes of at least 4 members (excludes halogenated alkanes) is 2. The zero-order valence-electron chi connectivity index (χ0n) is 8.76. The van der Waals surface area contributed by atoms with E-state index in [1.54, 1.807) is 0 Å². The van der Waals surface area contributed by atoms with Crippen molar-refractivity contribution in [2.24, 2.45) is 11.8 Å². The van der Waals surface area contributed by atoms with Gasteiger partial charge in [-0.25, -0.2) is 0 Å². The van der Waals surface area contributed by atoms with E-state index in [0.29, 0.717) is 0 Å². The highest BCUT2D eigenvalue weighted by Crippen LogP contribution is 2.26. The van der Waals surface area contributed by atoms with Crippen molar-refractivity contribution in [3.8, 4) is 0 Å². The van der Waals surface area contributed by atoms with Gasteiger partial charge < -0.3 is 10.2 Å². The van der Waals surface area contributed by atoms with Crippen LogP contribution in [0.15, 0.2) is 0 Å². The quantitative estimate of drug-likeness (QED) is 0.660. The van der Waals surface area contributed by atoms with Crippen LogP contribution in [0.4, 0.5) is 0 Å². The van der Waals surface area contributed by atoms with Gasteiger partial charge in [0.15, 0.2) is 0 Å². The Bertz CT molecular complexity index is 146. The van der Waals surface area contributed by atoms with Crippen LogP contribution in [0.2, 0.25) is 0 Å². The van der Waals surface area contributed by atoms with Crippen molar-refractivity contribution in [3.05, 3.63) is 0 Å². The Labute approximate surface area is 81.7 Å². The molecule has 2 heteroatoms. The third kappa shape index (κ3) is 2.23. The van der Waals surface area contributed by atoms with Crippen LogP contribution in [0, 0.1) is 11.8 Å². The third-order valence-corrected chi connectivity index (χ3v) is 3.54. The van der Waals surface area contributed by atoms with E-state index >= 15 is 0 Å². The number of hydrogen-bond acceptors (Lipinski definition) is 2. The van der Waals surface area contributed by atoms with Crippen molar-refractivity contribution >= 4 is 0 Å². The Morgan fingerprint density at radius 2 is 1.85 bits per heavy atom. The fraction of sp³-hybridized carbons (Fsp3) is 1.00. The summed E-state index contributed by atoms with van der Waals surface area (Å²) in [5.74, 6) is 1.95. The van der Waals surface area contributed by atoms with Gasteiger partial charge in [0.1, 0.15) is 0 Å². The molecule has 2 aliphatic rings. The van der Waals surface area contributed by atoms with Crippen LogP contribution in [0.3, 0.4) is 0 Å². The summed E-state index contributed by atoms with van der Waals surface area (Å²) < 4.78 is 0. The molecule has 2 aliphatic heterocycles. The van der Waals surface area contributed by atoms with Crippen LogP contribution >= 0.6 is 0 Å². The lowest BCUT2D eigenvalue weighted by atomic mass is 10.0. The molecule has 2 rings (SSSR count). The van der Waals surface area contributed by atoms with Gasteiger partial charge in [-0.15, -0.1) is 0 Å². The molecule has 0 saturated carbocycles. The number of rotatable bonds is 4. The van der Waals surface area contributed by atoms with Crippen LogP contribution in [0.1, 0.15) is 26.2 Å². The fourth-order valence-electron chi connectivity index (χ4n) is 2.72. The molecule has 2 atom stereocenters. The topological polar surface area (TPSA) is 15.3 Å². The average molecular weight is 182 g/mol. The molecule has 13 heavy (non-hydrogen) atoms. The van der Waals surface area contributed by atoms with Crippen LogP contribution in [0.5, 0.6) is 0 Å². The lowest BCUT2D eigenvalue weighted by Crippen LogP contribution is -2.26. The highest BCUT2D eigenvalue weighted by atomic mass is 15.2. The second-order valence-electron chi connectivity index (χ2n) is 4.65. The van der Waals surface area contributed by atoms with Crippen molar-refractivity contribution in [3.63, 3.8) is 0 Å². The molecular weight excluding hydrogens is 160 g/mol.